The van der Waals surface area contributed by atoms with E-state index in [9.17, 15) is 13.2 Å². The first-order chi connectivity index (χ1) is 17.2. The maximum Gasteiger partial charge on any atom is 0.253 e. The normalized spacial score (nSPS) is 14.5. The second-order valence-corrected chi connectivity index (χ2v) is 11.0. The van der Waals surface area contributed by atoms with E-state index in [-0.39, 0.29) is 28.7 Å². The third-order valence-electron chi connectivity index (χ3n) is 6.31. The molecule has 0 spiro atoms. The smallest absolute Gasteiger partial charge is 0.253 e. The van der Waals surface area contributed by atoms with E-state index in [0.29, 0.717) is 22.5 Å². The number of imidazole rings is 1. The number of hydrogen-bond acceptors (Lipinski definition) is 8. The summed E-state index contributed by atoms with van der Waals surface area (Å²) in [6, 6.07) is 12.0. The Morgan fingerprint density at radius 1 is 1.14 bits per heavy atom. The van der Waals surface area contributed by atoms with Gasteiger partial charge in [-0.3, -0.25) is 4.79 Å². The molecular weight excluding hydrogens is 478 g/mol. The Bertz CT molecular complexity index is 1580. The number of nitrogen functional groups attached to an aromatic ring is 1. The number of nitrogens with one attached hydrogen (secondary N) is 2. The maximum absolute atomic E-state index is 12.6. The third-order valence-corrected chi connectivity index (χ3v) is 7.44. The van der Waals surface area contributed by atoms with Crippen LogP contribution in [0.15, 0.2) is 53.7 Å². The summed E-state index contributed by atoms with van der Waals surface area (Å²) in [4.78, 5) is 26.3. The van der Waals surface area contributed by atoms with Gasteiger partial charge in [0.2, 0.25) is 0 Å². The van der Waals surface area contributed by atoms with Gasteiger partial charge in [-0.2, -0.15) is 0 Å². The van der Waals surface area contributed by atoms with Crippen LogP contribution in [-0.2, 0) is 9.84 Å². The van der Waals surface area contributed by atoms with Crippen LogP contribution in [0.25, 0.3) is 22.2 Å². The van der Waals surface area contributed by atoms with Gasteiger partial charge in [-0.1, -0.05) is 18.2 Å². The highest BCUT2D eigenvalue weighted by molar-refractivity contribution is 7.90. The molecule has 1 unspecified atom stereocenters. The average molecular weight is 506 g/mol. The van der Waals surface area contributed by atoms with Gasteiger partial charge in [-0.25, -0.2) is 23.4 Å². The summed E-state index contributed by atoms with van der Waals surface area (Å²) < 4.78 is 25.9. The summed E-state index contributed by atoms with van der Waals surface area (Å²) in [6.07, 6.45) is 4.59. The lowest BCUT2D eigenvalue weighted by molar-refractivity contribution is 0.0964. The van der Waals surface area contributed by atoms with Gasteiger partial charge in [0.25, 0.3) is 5.91 Å². The van der Waals surface area contributed by atoms with Gasteiger partial charge in [0.15, 0.2) is 9.84 Å². The number of rotatable bonds is 7. The van der Waals surface area contributed by atoms with E-state index in [4.69, 9.17) is 10.7 Å². The molecule has 5 rings (SSSR count). The fourth-order valence-corrected chi connectivity index (χ4v) is 5.05. The first kappa shape index (κ1) is 23.7. The summed E-state index contributed by atoms with van der Waals surface area (Å²) in [7, 11) is -1.71. The zero-order valence-corrected chi connectivity index (χ0v) is 21.0. The molecule has 2 aromatic carbocycles. The monoisotopic (exact) mass is 505 g/mol. The van der Waals surface area contributed by atoms with Gasteiger partial charge < -0.3 is 20.9 Å². The largest absolute Gasteiger partial charge is 0.383 e. The zero-order valence-electron chi connectivity index (χ0n) is 20.2. The minimum absolute atomic E-state index is 0.155. The zero-order chi connectivity index (χ0) is 25.6. The third kappa shape index (κ3) is 4.26. The number of benzene rings is 2. The molecule has 11 heteroatoms. The van der Waals surface area contributed by atoms with Gasteiger partial charge in [-0.05, 0) is 49.6 Å². The van der Waals surface area contributed by atoms with Crippen molar-refractivity contribution >= 4 is 38.4 Å². The molecule has 0 aliphatic heterocycles. The van der Waals surface area contributed by atoms with E-state index in [1.165, 1.54) is 18.5 Å². The molecule has 1 amide bonds. The molecule has 0 saturated heterocycles. The van der Waals surface area contributed by atoms with Crippen molar-refractivity contribution in [3.05, 3.63) is 60.2 Å². The molecule has 1 saturated carbocycles. The molecule has 1 aliphatic carbocycles. The highest BCUT2D eigenvalue weighted by Crippen LogP contribution is 2.42. The Hall–Kier alpha value is -3.99. The molecule has 2 heterocycles. The molecule has 36 heavy (non-hydrogen) atoms. The molecule has 2 aromatic heterocycles. The van der Waals surface area contributed by atoms with E-state index < -0.39 is 9.84 Å². The van der Waals surface area contributed by atoms with Gasteiger partial charge in [0, 0.05) is 19.3 Å². The lowest BCUT2D eigenvalue weighted by Crippen LogP contribution is -2.20. The van der Waals surface area contributed by atoms with Gasteiger partial charge >= 0.3 is 0 Å². The second-order valence-electron chi connectivity index (χ2n) is 8.97. The fourth-order valence-electron chi connectivity index (χ4n) is 4.42. The first-order valence-corrected chi connectivity index (χ1v) is 13.5. The second kappa shape index (κ2) is 8.90. The van der Waals surface area contributed by atoms with Crippen LogP contribution in [0.2, 0.25) is 0 Å². The number of aromatic nitrogens is 4. The summed E-state index contributed by atoms with van der Waals surface area (Å²) in [5.41, 5.74) is 9.66. The van der Waals surface area contributed by atoms with Crippen molar-refractivity contribution in [1.82, 2.24) is 24.8 Å². The number of fused-ring (bicyclic) bond motifs is 1. The van der Waals surface area contributed by atoms with E-state index in [2.05, 4.69) is 25.2 Å². The van der Waals surface area contributed by atoms with Crippen molar-refractivity contribution in [3.63, 3.8) is 0 Å². The molecule has 186 valence electrons. The Morgan fingerprint density at radius 3 is 2.50 bits per heavy atom. The van der Waals surface area contributed by atoms with E-state index >= 15 is 0 Å². The number of hydrogen-bond donors (Lipinski definition) is 3. The minimum Gasteiger partial charge on any atom is -0.383 e. The topological polar surface area (TPSA) is 145 Å². The van der Waals surface area contributed by atoms with Crippen molar-refractivity contribution in [3.8, 4) is 11.1 Å². The predicted molar refractivity (Wildman–Crippen MR) is 138 cm³/mol. The molecule has 10 nitrogen and oxygen atoms in total. The van der Waals surface area contributed by atoms with Crippen LogP contribution < -0.4 is 16.4 Å². The van der Waals surface area contributed by atoms with Crippen LogP contribution in [0.3, 0.4) is 0 Å². The molecule has 1 aliphatic rings. The minimum atomic E-state index is -3.33. The maximum atomic E-state index is 12.6. The van der Waals surface area contributed by atoms with Gasteiger partial charge in [0.1, 0.15) is 23.8 Å². The van der Waals surface area contributed by atoms with Crippen LogP contribution >= 0.6 is 0 Å². The highest BCUT2D eigenvalue weighted by atomic mass is 32.2. The average Bonchev–Trinajstić information content (AvgIpc) is 3.61. The van der Waals surface area contributed by atoms with Crippen LogP contribution in [0.4, 0.5) is 11.6 Å². The van der Waals surface area contributed by atoms with Crippen LogP contribution in [0.1, 0.15) is 48.0 Å². The Balaban J connectivity index is 1.56. The van der Waals surface area contributed by atoms with E-state index in [1.807, 2.05) is 25.1 Å². The number of nitrogens with zero attached hydrogens (tertiary/aromatic N) is 4. The molecule has 4 N–H and O–H groups in total. The number of para-hydroxylation sites is 1. The Labute approximate surface area is 208 Å². The van der Waals surface area contributed by atoms with Crippen molar-refractivity contribution in [1.29, 1.82) is 0 Å². The van der Waals surface area contributed by atoms with E-state index in [0.717, 1.165) is 36.0 Å². The molecule has 0 bridgehead atoms. The van der Waals surface area contributed by atoms with Crippen LogP contribution in [0.5, 0.6) is 0 Å². The summed E-state index contributed by atoms with van der Waals surface area (Å²) in [5, 5.41) is 6.14. The number of carbonyl (C=O) groups excluding carboxylic acids is 1. The fraction of sp³-hybridized carbons (Fsp3) is 0.280. The molecule has 0 radical (unpaired) electrons. The summed E-state index contributed by atoms with van der Waals surface area (Å²) >= 11 is 0. The van der Waals surface area contributed by atoms with Crippen LogP contribution in [-0.4, -0.2) is 47.1 Å². The number of anilines is 2. The standard InChI is InChI=1S/C25H27N7O3S/c1-14(24-31-19-6-4-5-18(25(33)27-2)21(19)32(24)16-9-10-16)30-23-20(22(26)28-13-29-23)15-7-11-17(12-8-15)36(3,34)35/h4-8,11-14,16H,9-10H2,1-3H3,(H,27,33)(H3,26,28,29,30). The van der Waals surface area contributed by atoms with E-state index in [1.54, 1.807) is 19.2 Å². The molecular formula is C25H27N7O3S. The molecule has 4 aromatic rings. The Kier molecular flexibility index (Phi) is 5.87. The van der Waals surface area contributed by atoms with Gasteiger partial charge in [-0.15, -0.1) is 0 Å². The molecule has 1 fully saturated rings. The van der Waals surface area contributed by atoms with Crippen molar-refractivity contribution < 1.29 is 13.2 Å². The lowest BCUT2D eigenvalue weighted by atomic mass is 10.1. The number of carbonyl (C=O) groups is 1. The number of nitrogens with two attached hydrogens (primary N) is 1. The predicted octanol–water partition coefficient (Wildman–Crippen LogP) is 3.35. The molecule has 1 atom stereocenters. The summed E-state index contributed by atoms with van der Waals surface area (Å²) in [6.45, 7) is 1.98. The number of sulfone groups is 1. The number of amides is 1. The SMILES string of the molecule is CNC(=O)c1cccc2nc(C(C)Nc3ncnc(N)c3-c3ccc(S(C)(=O)=O)cc3)n(C3CC3)c12. The van der Waals surface area contributed by atoms with Crippen LogP contribution in [0, 0.1) is 0 Å². The van der Waals surface area contributed by atoms with Crippen molar-refractivity contribution in [2.45, 2.75) is 36.7 Å². The van der Waals surface area contributed by atoms with Crippen molar-refractivity contribution in [2.75, 3.05) is 24.4 Å². The lowest BCUT2D eigenvalue weighted by Gasteiger charge is -2.19. The first-order valence-electron chi connectivity index (χ1n) is 11.6. The quantitative estimate of drug-likeness (QED) is 0.347. The van der Waals surface area contributed by atoms with Gasteiger partial charge in [0.05, 0.1) is 33.1 Å². The summed E-state index contributed by atoms with van der Waals surface area (Å²) in [5.74, 6) is 1.41. The van der Waals surface area contributed by atoms with Crippen molar-refractivity contribution in [2.24, 2.45) is 0 Å². The Morgan fingerprint density at radius 2 is 1.86 bits per heavy atom. The highest BCUT2D eigenvalue weighted by Gasteiger charge is 2.32.